The van der Waals surface area contributed by atoms with Gasteiger partial charge in [0.1, 0.15) is 0 Å². The first-order valence-corrected chi connectivity index (χ1v) is 8.79. The molecule has 4 heteroatoms. The van der Waals surface area contributed by atoms with Crippen molar-refractivity contribution in [1.29, 1.82) is 0 Å². The highest BCUT2D eigenvalue weighted by molar-refractivity contribution is 5.84. The van der Waals surface area contributed by atoms with Gasteiger partial charge in [-0.25, -0.2) is 0 Å². The molecule has 0 bridgehead atoms. The van der Waals surface area contributed by atoms with Crippen molar-refractivity contribution >= 4 is 5.91 Å². The lowest BCUT2D eigenvalue weighted by atomic mass is 9.93. The van der Waals surface area contributed by atoms with Crippen molar-refractivity contribution in [2.24, 2.45) is 5.92 Å². The van der Waals surface area contributed by atoms with Crippen LogP contribution in [0.4, 0.5) is 0 Å². The van der Waals surface area contributed by atoms with E-state index in [9.17, 15) is 9.59 Å². The third kappa shape index (κ3) is 3.01. The number of amides is 1. The van der Waals surface area contributed by atoms with Gasteiger partial charge in [-0.1, -0.05) is 30.3 Å². The molecule has 4 nitrogen and oxygen atoms in total. The summed E-state index contributed by atoms with van der Waals surface area (Å²) in [4.78, 5) is 27.9. The predicted octanol–water partition coefficient (Wildman–Crippen LogP) is 2.67. The number of carbonyl (C=O) groups excluding carboxylic acids is 1. The van der Waals surface area contributed by atoms with E-state index in [-0.39, 0.29) is 17.4 Å². The highest BCUT2D eigenvalue weighted by Gasteiger charge is 2.37. The molecule has 124 valence electrons. The zero-order valence-electron chi connectivity index (χ0n) is 13.7. The second-order valence-corrected chi connectivity index (χ2v) is 6.92. The zero-order chi connectivity index (χ0) is 16.5. The largest absolute Gasteiger partial charge is 0.351 e. The lowest BCUT2D eigenvalue weighted by molar-refractivity contribution is -0.123. The van der Waals surface area contributed by atoms with Gasteiger partial charge in [0, 0.05) is 17.8 Å². The molecule has 1 aromatic carbocycles. The Kier molecular flexibility index (Phi) is 3.97. The maximum Gasteiger partial charge on any atom is 0.253 e. The summed E-state index contributed by atoms with van der Waals surface area (Å²) in [5, 5.41) is 2.99. The second kappa shape index (κ2) is 6.27. The maximum absolute atomic E-state index is 12.7. The van der Waals surface area contributed by atoms with Crippen LogP contribution >= 0.6 is 0 Å². The number of benzene rings is 1. The number of nitrogens with one attached hydrogen (secondary N) is 2. The van der Waals surface area contributed by atoms with Crippen LogP contribution in [0, 0.1) is 5.92 Å². The molecule has 1 amide bonds. The number of fused-ring (bicyclic) bond motifs is 1. The number of carbonyl (C=O) groups is 1. The highest BCUT2D eigenvalue weighted by atomic mass is 16.2. The summed E-state index contributed by atoms with van der Waals surface area (Å²) in [5.74, 6) is 0.369. The normalized spacial score (nSPS) is 17.3. The van der Waals surface area contributed by atoms with Gasteiger partial charge in [0.2, 0.25) is 5.91 Å². The summed E-state index contributed by atoms with van der Waals surface area (Å²) in [7, 11) is 0. The van der Waals surface area contributed by atoms with E-state index in [4.69, 9.17) is 0 Å². The van der Waals surface area contributed by atoms with E-state index in [0.717, 1.165) is 43.4 Å². The van der Waals surface area contributed by atoms with E-state index >= 15 is 0 Å². The zero-order valence-corrected chi connectivity index (χ0v) is 13.7. The minimum Gasteiger partial charge on any atom is -0.351 e. The molecule has 2 aliphatic carbocycles. The first-order chi connectivity index (χ1) is 11.7. The Balaban J connectivity index is 1.49. The Morgan fingerprint density at radius 3 is 2.75 bits per heavy atom. The van der Waals surface area contributed by atoms with E-state index in [1.807, 2.05) is 36.4 Å². The van der Waals surface area contributed by atoms with Crippen LogP contribution in [0.1, 0.15) is 47.6 Å². The Labute approximate surface area is 141 Å². The predicted molar refractivity (Wildman–Crippen MR) is 92.8 cm³/mol. The van der Waals surface area contributed by atoms with Crippen LogP contribution < -0.4 is 10.9 Å². The number of hydrogen-bond donors (Lipinski definition) is 2. The van der Waals surface area contributed by atoms with Crippen molar-refractivity contribution in [2.75, 3.05) is 0 Å². The number of pyridine rings is 1. The monoisotopic (exact) mass is 322 g/mol. The van der Waals surface area contributed by atoms with Gasteiger partial charge in [-0.15, -0.1) is 0 Å². The smallest absolute Gasteiger partial charge is 0.253 e. The molecule has 0 aliphatic heterocycles. The van der Waals surface area contributed by atoms with Gasteiger partial charge in [-0.3, -0.25) is 9.59 Å². The van der Waals surface area contributed by atoms with E-state index in [0.29, 0.717) is 18.0 Å². The van der Waals surface area contributed by atoms with E-state index < -0.39 is 0 Å². The Morgan fingerprint density at radius 1 is 1.21 bits per heavy atom. The second-order valence-electron chi connectivity index (χ2n) is 6.92. The molecule has 24 heavy (non-hydrogen) atoms. The Morgan fingerprint density at radius 2 is 2.00 bits per heavy atom. The van der Waals surface area contributed by atoms with Crippen LogP contribution in [0.15, 0.2) is 41.2 Å². The molecule has 2 aliphatic rings. The number of aromatic amines is 1. The topological polar surface area (TPSA) is 62.0 Å². The van der Waals surface area contributed by atoms with Gasteiger partial charge in [-0.05, 0) is 55.2 Å². The molecule has 1 saturated carbocycles. The van der Waals surface area contributed by atoms with Crippen molar-refractivity contribution in [2.45, 2.75) is 44.6 Å². The summed E-state index contributed by atoms with van der Waals surface area (Å²) in [6, 6.07) is 11.9. The molecule has 2 N–H and O–H groups in total. The molecule has 0 saturated heterocycles. The van der Waals surface area contributed by atoms with E-state index in [2.05, 4.69) is 10.3 Å². The molecule has 1 atom stereocenters. The fourth-order valence-corrected chi connectivity index (χ4v) is 3.71. The maximum atomic E-state index is 12.7. The lowest BCUT2D eigenvalue weighted by Crippen LogP contribution is -2.32. The summed E-state index contributed by atoms with van der Waals surface area (Å²) in [5.41, 5.74) is 3.95. The van der Waals surface area contributed by atoms with Crippen LogP contribution in [-0.2, 0) is 24.2 Å². The Bertz CT molecular complexity index is 806. The van der Waals surface area contributed by atoms with Crippen molar-refractivity contribution in [3.05, 3.63) is 69.1 Å². The number of H-pyrrole nitrogens is 1. The molecule has 0 radical (unpaired) electrons. The molecule has 0 spiro atoms. The molecular weight excluding hydrogens is 300 g/mol. The van der Waals surface area contributed by atoms with Crippen LogP contribution in [0.5, 0.6) is 0 Å². The molecule has 1 unspecified atom stereocenters. The third-order valence-electron chi connectivity index (χ3n) is 5.15. The molecule has 1 heterocycles. The summed E-state index contributed by atoms with van der Waals surface area (Å²) < 4.78 is 0. The minimum absolute atomic E-state index is 0.0311. The average molecular weight is 322 g/mol. The molecule has 1 aromatic heterocycles. The fourth-order valence-electron chi connectivity index (χ4n) is 3.71. The minimum atomic E-state index is -0.0975. The fraction of sp³-hybridized carbons (Fsp3) is 0.400. The van der Waals surface area contributed by atoms with Crippen molar-refractivity contribution < 1.29 is 4.79 Å². The van der Waals surface area contributed by atoms with Gasteiger partial charge in [0.05, 0.1) is 5.92 Å². The van der Waals surface area contributed by atoms with Crippen LogP contribution in [-0.4, -0.2) is 10.9 Å². The first-order valence-electron chi connectivity index (χ1n) is 8.79. The molecule has 1 fully saturated rings. The standard InChI is InChI=1S/C20H22N2O2/c23-19-16(11-15-7-4-8-17(15)22-19)12-21-20(24)18(14-9-10-14)13-5-2-1-3-6-13/h1-3,5-6,11,14,18H,4,7-10,12H2,(H,21,24)(H,22,23). The van der Waals surface area contributed by atoms with Crippen molar-refractivity contribution in [1.82, 2.24) is 10.3 Å². The molecule has 2 aromatic rings. The van der Waals surface area contributed by atoms with Gasteiger partial charge in [0.15, 0.2) is 0 Å². The summed E-state index contributed by atoms with van der Waals surface area (Å²) in [6.45, 7) is 0.303. The highest BCUT2D eigenvalue weighted by Crippen LogP contribution is 2.42. The first kappa shape index (κ1) is 15.2. The van der Waals surface area contributed by atoms with Gasteiger partial charge < -0.3 is 10.3 Å². The summed E-state index contributed by atoms with van der Waals surface area (Å²) >= 11 is 0. The van der Waals surface area contributed by atoms with Gasteiger partial charge in [0.25, 0.3) is 5.56 Å². The number of aryl methyl sites for hydroxylation is 2. The third-order valence-corrected chi connectivity index (χ3v) is 5.15. The van der Waals surface area contributed by atoms with E-state index in [1.165, 1.54) is 5.56 Å². The summed E-state index contributed by atoms with van der Waals surface area (Å²) in [6.07, 6.45) is 5.27. The van der Waals surface area contributed by atoms with Crippen molar-refractivity contribution in [3.63, 3.8) is 0 Å². The Hall–Kier alpha value is -2.36. The number of hydrogen-bond acceptors (Lipinski definition) is 2. The van der Waals surface area contributed by atoms with Crippen LogP contribution in [0.25, 0.3) is 0 Å². The van der Waals surface area contributed by atoms with E-state index in [1.54, 1.807) is 0 Å². The number of rotatable bonds is 5. The van der Waals surface area contributed by atoms with Crippen molar-refractivity contribution in [3.8, 4) is 0 Å². The van der Waals surface area contributed by atoms with Crippen LogP contribution in [0.2, 0.25) is 0 Å². The van der Waals surface area contributed by atoms with Gasteiger partial charge in [-0.2, -0.15) is 0 Å². The molecular formula is C20H22N2O2. The quantitative estimate of drug-likeness (QED) is 0.889. The van der Waals surface area contributed by atoms with Gasteiger partial charge >= 0.3 is 0 Å². The number of aromatic nitrogens is 1. The SMILES string of the molecule is O=C(NCc1cc2c([nH]c1=O)CCC2)C(c1ccccc1)C1CC1. The average Bonchev–Trinajstić information content (AvgIpc) is 3.32. The van der Waals surface area contributed by atoms with Crippen LogP contribution in [0.3, 0.4) is 0 Å². The molecule has 4 rings (SSSR count). The lowest BCUT2D eigenvalue weighted by Gasteiger charge is -2.16.